The lowest BCUT2D eigenvalue weighted by molar-refractivity contribution is -0.0432. The molecule has 3 N–H and O–H groups in total. The minimum Gasteiger partial charge on any atom is -0.394 e. The Kier molecular flexibility index (Phi) is 4.31. The molecule has 3 atom stereocenters. The first kappa shape index (κ1) is 15.9. The SMILES string of the molecule is OC[C@H]1O[C@@H](n2cnc3c(NCc4ccccc4)ncnc32)C[C@H]1O. The number of anilines is 1. The summed E-state index contributed by atoms with van der Waals surface area (Å²) in [6.07, 6.45) is 1.79. The predicted octanol–water partition coefficient (Wildman–Crippen LogP) is 1.08. The molecule has 25 heavy (non-hydrogen) atoms. The average Bonchev–Trinajstić information content (AvgIpc) is 3.24. The molecule has 1 saturated heterocycles. The number of aromatic nitrogens is 4. The summed E-state index contributed by atoms with van der Waals surface area (Å²) < 4.78 is 7.45. The van der Waals surface area contributed by atoms with Crippen LogP contribution in [0.4, 0.5) is 5.82 Å². The van der Waals surface area contributed by atoms with Crippen LogP contribution in [0.5, 0.6) is 0 Å². The lowest BCUT2D eigenvalue weighted by Gasteiger charge is -2.13. The maximum Gasteiger partial charge on any atom is 0.167 e. The van der Waals surface area contributed by atoms with Crippen molar-refractivity contribution in [2.24, 2.45) is 0 Å². The van der Waals surface area contributed by atoms with Crippen molar-refractivity contribution in [1.29, 1.82) is 0 Å². The third kappa shape index (κ3) is 3.07. The Balaban J connectivity index is 1.58. The standard InChI is InChI=1S/C17H19N5O3/c23-8-13-12(24)6-14(25-13)22-10-21-15-16(19-9-20-17(15)22)18-7-11-4-2-1-3-5-11/h1-5,9-10,12-14,23-24H,6-8H2,(H,18,19,20)/t12-,13-,14-/m1/s1. The van der Waals surface area contributed by atoms with E-state index in [1.165, 1.54) is 6.33 Å². The van der Waals surface area contributed by atoms with Gasteiger partial charge in [0.1, 0.15) is 18.7 Å². The number of benzene rings is 1. The zero-order valence-electron chi connectivity index (χ0n) is 13.5. The molecule has 0 saturated carbocycles. The number of fused-ring (bicyclic) bond motifs is 1. The summed E-state index contributed by atoms with van der Waals surface area (Å²) in [5, 5.41) is 22.5. The van der Waals surface area contributed by atoms with Crippen LogP contribution in [0.25, 0.3) is 11.2 Å². The zero-order valence-corrected chi connectivity index (χ0v) is 13.5. The van der Waals surface area contributed by atoms with E-state index in [1.54, 1.807) is 10.9 Å². The van der Waals surface area contributed by atoms with Crippen molar-refractivity contribution in [3.8, 4) is 0 Å². The van der Waals surface area contributed by atoms with Crippen molar-refractivity contribution in [3.05, 3.63) is 48.5 Å². The fourth-order valence-corrected chi connectivity index (χ4v) is 3.02. The highest BCUT2D eigenvalue weighted by atomic mass is 16.5. The first-order valence-electron chi connectivity index (χ1n) is 8.16. The van der Waals surface area contributed by atoms with Crippen molar-refractivity contribution >= 4 is 17.0 Å². The summed E-state index contributed by atoms with van der Waals surface area (Å²) >= 11 is 0. The number of imidazole rings is 1. The van der Waals surface area contributed by atoms with E-state index in [0.29, 0.717) is 29.9 Å². The molecular weight excluding hydrogens is 322 g/mol. The van der Waals surface area contributed by atoms with Crippen LogP contribution in [0, 0.1) is 0 Å². The number of ether oxygens (including phenoxy) is 1. The zero-order chi connectivity index (χ0) is 17.2. The summed E-state index contributed by atoms with van der Waals surface area (Å²) in [6, 6.07) is 10.0. The van der Waals surface area contributed by atoms with Gasteiger partial charge in [0, 0.05) is 13.0 Å². The van der Waals surface area contributed by atoms with Crippen molar-refractivity contribution in [1.82, 2.24) is 19.5 Å². The van der Waals surface area contributed by atoms with Gasteiger partial charge in [0.2, 0.25) is 0 Å². The number of aliphatic hydroxyl groups is 2. The van der Waals surface area contributed by atoms with Gasteiger partial charge in [-0.25, -0.2) is 15.0 Å². The summed E-state index contributed by atoms with van der Waals surface area (Å²) in [5.74, 6) is 0.643. The number of nitrogens with zero attached hydrogens (tertiary/aromatic N) is 4. The molecule has 1 fully saturated rings. The highest BCUT2D eigenvalue weighted by molar-refractivity contribution is 5.82. The molecule has 3 heterocycles. The molecule has 0 radical (unpaired) electrons. The minimum atomic E-state index is -0.704. The molecule has 130 valence electrons. The van der Waals surface area contributed by atoms with Crippen molar-refractivity contribution in [2.75, 3.05) is 11.9 Å². The topological polar surface area (TPSA) is 105 Å². The maximum atomic E-state index is 9.93. The van der Waals surface area contributed by atoms with Crippen LogP contribution in [0.1, 0.15) is 18.2 Å². The number of rotatable bonds is 5. The first-order chi connectivity index (χ1) is 12.3. The molecule has 8 nitrogen and oxygen atoms in total. The van der Waals surface area contributed by atoms with Crippen LogP contribution in [-0.4, -0.2) is 48.5 Å². The normalized spacial score (nSPS) is 23.2. The molecule has 8 heteroatoms. The Morgan fingerprint density at radius 1 is 1.20 bits per heavy atom. The largest absolute Gasteiger partial charge is 0.394 e. The van der Waals surface area contributed by atoms with E-state index in [0.717, 1.165) is 5.56 Å². The number of aliphatic hydroxyl groups excluding tert-OH is 2. The quantitative estimate of drug-likeness (QED) is 0.638. The molecule has 3 aromatic rings. The average molecular weight is 341 g/mol. The van der Waals surface area contributed by atoms with E-state index in [2.05, 4.69) is 20.3 Å². The fraction of sp³-hybridized carbons (Fsp3) is 0.353. The van der Waals surface area contributed by atoms with Gasteiger partial charge in [0.15, 0.2) is 17.0 Å². The van der Waals surface area contributed by atoms with Crippen molar-refractivity contribution in [2.45, 2.75) is 31.4 Å². The molecule has 0 amide bonds. The lowest BCUT2D eigenvalue weighted by atomic mass is 10.2. The second-order valence-corrected chi connectivity index (χ2v) is 6.00. The molecule has 2 aromatic heterocycles. The van der Waals surface area contributed by atoms with E-state index in [1.807, 2.05) is 30.3 Å². The van der Waals surface area contributed by atoms with Crippen LogP contribution in [0.3, 0.4) is 0 Å². The molecule has 0 bridgehead atoms. The Bertz CT molecular complexity index is 854. The Morgan fingerprint density at radius 3 is 2.80 bits per heavy atom. The van der Waals surface area contributed by atoms with Gasteiger partial charge in [-0.2, -0.15) is 0 Å². The maximum absolute atomic E-state index is 9.93. The fourth-order valence-electron chi connectivity index (χ4n) is 3.02. The summed E-state index contributed by atoms with van der Waals surface area (Å²) in [5.41, 5.74) is 2.41. The third-order valence-electron chi connectivity index (χ3n) is 4.36. The van der Waals surface area contributed by atoms with Gasteiger partial charge >= 0.3 is 0 Å². The van der Waals surface area contributed by atoms with E-state index in [-0.39, 0.29) is 6.61 Å². The van der Waals surface area contributed by atoms with Gasteiger partial charge < -0.3 is 20.3 Å². The summed E-state index contributed by atoms with van der Waals surface area (Å²) in [7, 11) is 0. The van der Waals surface area contributed by atoms with Crippen LogP contribution in [0.2, 0.25) is 0 Å². The highest BCUT2D eigenvalue weighted by Crippen LogP contribution is 2.31. The van der Waals surface area contributed by atoms with Gasteiger partial charge in [0.05, 0.1) is 19.0 Å². The molecular formula is C17H19N5O3. The number of nitrogens with one attached hydrogen (secondary N) is 1. The number of hydrogen-bond acceptors (Lipinski definition) is 7. The summed E-state index contributed by atoms with van der Waals surface area (Å²) in [4.78, 5) is 13.0. The van der Waals surface area contributed by atoms with Gasteiger partial charge in [-0.05, 0) is 5.56 Å². The molecule has 1 aliphatic rings. The van der Waals surface area contributed by atoms with Crippen LogP contribution in [-0.2, 0) is 11.3 Å². The molecule has 0 spiro atoms. The Labute approximate surface area is 144 Å². The molecule has 1 aromatic carbocycles. The monoisotopic (exact) mass is 341 g/mol. The van der Waals surface area contributed by atoms with Gasteiger partial charge in [-0.3, -0.25) is 4.57 Å². The third-order valence-corrected chi connectivity index (χ3v) is 4.36. The highest BCUT2D eigenvalue weighted by Gasteiger charge is 2.35. The first-order valence-corrected chi connectivity index (χ1v) is 8.16. The van der Waals surface area contributed by atoms with Crippen molar-refractivity contribution < 1.29 is 14.9 Å². The predicted molar refractivity (Wildman–Crippen MR) is 90.7 cm³/mol. The Hall–Kier alpha value is -2.55. The van der Waals surface area contributed by atoms with E-state index in [4.69, 9.17) is 4.74 Å². The minimum absolute atomic E-state index is 0.219. The van der Waals surface area contributed by atoms with E-state index >= 15 is 0 Å². The second kappa shape index (κ2) is 6.75. The van der Waals surface area contributed by atoms with Crippen LogP contribution < -0.4 is 5.32 Å². The Morgan fingerprint density at radius 2 is 2.04 bits per heavy atom. The summed E-state index contributed by atoms with van der Waals surface area (Å²) in [6.45, 7) is 0.411. The van der Waals surface area contributed by atoms with Crippen molar-refractivity contribution in [3.63, 3.8) is 0 Å². The van der Waals surface area contributed by atoms with Gasteiger partial charge in [-0.15, -0.1) is 0 Å². The van der Waals surface area contributed by atoms with Gasteiger partial charge in [0.25, 0.3) is 0 Å². The van der Waals surface area contributed by atoms with E-state index < -0.39 is 18.4 Å². The van der Waals surface area contributed by atoms with E-state index in [9.17, 15) is 10.2 Å². The van der Waals surface area contributed by atoms with Crippen LogP contribution in [0.15, 0.2) is 43.0 Å². The second-order valence-electron chi connectivity index (χ2n) is 6.00. The molecule has 0 unspecified atom stereocenters. The molecule has 4 rings (SSSR count). The lowest BCUT2D eigenvalue weighted by Crippen LogP contribution is -2.24. The number of hydrogen-bond donors (Lipinski definition) is 3. The van der Waals surface area contributed by atoms with Gasteiger partial charge in [-0.1, -0.05) is 30.3 Å². The molecule has 0 aliphatic carbocycles. The smallest absolute Gasteiger partial charge is 0.167 e. The molecule has 1 aliphatic heterocycles. The van der Waals surface area contributed by atoms with Crippen LogP contribution >= 0.6 is 0 Å².